The van der Waals surface area contributed by atoms with Crippen LogP contribution in [0, 0.1) is 0 Å². The molecule has 0 bridgehead atoms. The van der Waals surface area contributed by atoms with Crippen molar-refractivity contribution in [3.63, 3.8) is 0 Å². The van der Waals surface area contributed by atoms with Crippen LogP contribution in [0.4, 0.5) is 0 Å². The maximum Gasteiger partial charge on any atom is 0.346 e. The van der Waals surface area contributed by atoms with Crippen molar-refractivity contribution in [1.82, 2.24) is 5.32 Å². The molecular weight excluding hydrogens is 290 g/mol. The normalized spacial score (nSPS) is 14.0. The van der Waals surface area contributed by atoms with E-state index in [1.807, 2.05) is 6.92 Å². The minimum absolute atomic E-state index is 0.239. The minimum atomic E-state index is -0.403. The van der Waals surface area contributed by atoms with Gasteiger partial charge in [0, 0.05) is 17.0 Å². The smallest absolute Gasteiger partial charge is 0.346 e. The minimum Gasteiger partial charge on any atom is -0.494 e. The maximum atomic E-state index is 12.2. The van der Waals surface area contributed by atoms with Gasteiger partial charge < -0.3 is 14.8 Å². The predicted octanol–water partition coefficient (Wildman–Crippen LogP) is 2.34. The van der Waals surface area contributed by atoms with E-state index in [1.54, 1.807) is 24.3 Å². The molecule has 0 aliphatic carbocycles. The van der Waals surface area contributed by atoms with Gasteiger partial charge in [-0.05, 0) is 37.6 Å². The van der Waals surface area contributed by atoms with Gasteiger partial charge in [-0.3, -0.25) is 4.79 Å². The number of carbonyl (C=O) groups excluding carboxylic acids is 2. The van der Waals surface area contributed by atoms with Crippen LogP contribution in [0.1, 0.15) is 23.7 Å². The van der Waals surface area contributed by atoms with Crippen LogP contribution in [-0.4, -0.2) is 31.3 Å². The Labute approximate surface area is 127 Å². The van der Waals surface area contributed by atoms with E-state index in [0.717, 1.165) is 11.5 Å². The molecule has 0 atom stereocenters. The Morgan fingerprint density at radius 1 is 1.29 bits per heavy atom. The lowest BCUT2D eigenvalue weighted by Gasteiger charge is -2.08. The van der Waals surface area contributed by atoms with Crippen LogP contribution in [0.15, 0.2) is 34.9 Å². The van der Waals surface area contributed by atoms with Crippen molar-refractivity contribution in [1.29, 1.82) is 0 Å². The first kappa shape index (κ1) is 15.4. The molecule has 0 spiro atoms. The molecule has 0 fully saturated rings. The van der Waals surface area contributed by atoms with Crippen molar-refractivity contribution >= 4 is 23.6 Å². The van der Waals surface area contributed by atoms with Crippen molar-refractivity contribution in [3.8, 4) is 5.75 Å². The quantitative estimate of drug-likeness (QED) is 0.846. The van der Waals surface area contributed by atoms with E-state index < -0.39 is 5.97 Å². The van der Waals surface area contributed by atoms with Gasteiger partial charge in [0.05, 0.1) is 13.7 Å². The standard InChI is InChI=1S/C15H17NO4S/c1-3-20-11-6-4-10(5-7-11)14(17)16-12-8-9-21-13(12)15(18)19-2/h4-7H,3,8-9H2,1-2H3,(H,16,17). The lowest BCUT2D eigenvalue weighted by Crippen LogP contribution is -2.24. The van der Waals surface area contributed by atoms with Crippen LogP contribution in [-0.2, 0) is 9.53 Å². The van der Waals surface area contributed by atoms with E-state index in [4.69, 9.17) is 9.47 Å². The summed E-state index contributed by atoms with van der Waals surface area (Å²) in [7, 11) is 1.33. The molecule has 1 aliphatic heterocycles. The number of methoxy groups -OCH3 is 1. The Morgan fingerprint density at radius 2 is 2.00 bits per heavy atom. The lowest BCUT2D eigenvalue weighted by molar-refractivity contribution is -0.135. The molecule has 1 N–H and O–H groups in total. The monoisotopic (exact) mass is 307 g/mol. The second kappa shape index (κ2) is 7.17. The largest absolute Gasteiger partial charge is 0.494 e. The average Bonchev–Trinajstić information content (AvgIpc) is 2.95. The van der Waals surface area contributed by atoms with E-state index in [1.165, 1.54) is 18.9 Å². The van der Waals surface area contributed by atoms with Crippen LogP contribution in [0.3, 0.4) is 0 Å². The van der Waals surface area contributed by atoms with E-state index in [2.05, 4.69) is 5.32 Å². The van der Waals surface area contributed by atoms with E-state index in [0.29, 0.717) is 29.2 Å². The molecule has 1 aromatic rings. The number of esters is 1. The Kier molecular flexibility index (Phi) is 5.27. The van der Waals surface area contributed by atoms with Gasteiger partial charge in [0.25, 0.3) is 5.91 Å². The number of thioether (sulfide) groups is 1. The molecule has 21 heavy (non-hydrogen) atoms. The third-order valence-corrected chi connectivity index (χ3v) is 4.05. The Hall–Kier alpha value is -1.95. The van der Waals surface area contributed by atoms with Crippen molar-refractivity contribution in [3.05, 3.63) is 40.4 Å². The van der Waals surface area contributed by atoms with Gasteiger partial charge in [-0.15, -0.1) is 11.8 Å². The van der Waals surface area contributed by atoms with Gasteiger partial charge in [0.2, 0.25) is 0 Å². The zero-order valence-corrected chi connectivity index (χ0v) is 12.8. The Morgan fingerprint density at radius 3 is 2.62 bits per heavy atom. The number of nitrogens with one attached hydrogen (secondary N) is 1. The van der Waals surface area contributed by atoms with Crippen LogP contribution in [0.5, 0.6) is 5.75 Å². The molecule has 112 valence electrons. The second-order valence-electron chi connectivity index (χ2n) is 4.31. The first-order valence-corrected chi connectivity index (χ1v) is 7.62. The van der Waals surface area contributed by atoms with Gasteiger partial charge >= 0.3 is 5.97 Å². The highest BCUT2D eigenvalue weighted by molar-refractivity contribution is 8.04. The molecule has 1 aromatic carbocycles. The number of rotatable bonds is 5. The number of ether oxygens (including phenoxy) is 2. The molecule has 6 heteroatoms. The highest BCUT2D eigenvalue weighted by Gasteiger charge is 2.24. The third-order valence-electron chi connectivity index (χ3n) is 2.94. The van der Waals surface area contributed by atoms with E-state index >= 15 is 0 Å². The third kappa shape index (κ3) is 3.78. The van der Waals surface area contributed by atoms with Crippen molar-refractivity contribution in [2.45, 2.75) is 13.3 Å². The van der Waals surface area contributed by atoms with E-state index in [9.17, 15) is 9.59 Å². The topological polar surface area (TPSA) is 64.6 Å². The van der Waals surface area contributed by atoms with Crippen LogP contribution in [0.25, 0.3) is 0 Å². The van der Waals surface area contributed by atoms with Crippen molar-refractivity contribution < 1.29 is 19.1 Å². The summed E-state index contributed by atoms with van der Waals surface area (Å²) in [6, 6.07) is 6.89. The molecule has 5 nitrogen and oxygen atoms in total. The summed E-state index contributed by atoms with van der Waals surface area (Å²) in [4.78, 5) is 24.3. The molecule has 0 unspecified atom stereocenters. The average molecular weight is 307 g/mol. The predicted molar refractivity (Wildman–Crippen MR) is 81.2 cm³/mol. The summed E-state index contributed by atoms with van der Waals surface area (Å²) >= 11 is 1.40. The van der Waals surface area contributed by atoms with Crippen molar-refractivity contribution in [2.75, 3.05) is 19.5 Å². The van der Waals surface area contributed by atoms with Gasteiger partial charge in [-0.1, -0.05) is 0 Å². The maximum absolute atomic E-state index is 12.2. The summed E-state index contributed by atoms with van der Waals surface area (Å²) in [6.45, 7) is 2.48. The van der Waals surface area contributed by atoms with E-state index in [-0.39, 0.29) is 5.91 Å². The fourth-order valence-corrected chi connectivity index (χ4v) is 2.97. The first-order valence-electron chi connectivity index (χ1n) is 6.64. The van der Waals surface area contributed by atoms with Gasteiger partial charge in [-0.2, -0.15) is 0 Å². The second-order valence-corrected chi connectivity index (χ2v) is 5.41. The molecule has 0 radical (unpaired) electrons. The van der Waals surface area contributed by atoms with Gasteiger partial charge in [-0.25, -0.2) is 4.79 Å². The Bertz CT molecular complexity index is 566. The fraction of sp³-hybridized carbons (Fsp3) is 0.333. The van der Waals surface area contributed by atoms with Gasteiger partial charge in [0.1, 0.15) is 10.7 Å². The number of hydrogen-bond donors (Lipinski definition) is 1. The molecule has 0 aromatic heterocycles. The lowest BCUT2D eigenvalue weighted by atomic mass is 10.2. The van der Waals surface area contributed by atoms with Crippen LogP contribution >= 0.6 is 11.8 Å². The summed E-state index contributed by atoms with van der Waals surface area (Å²) in [5.74, 6) is 0.847. The zero-order valence-electron chi connectivity index (χ0n) is 12.0. The number of hydrogen-bond acceptors (Lipinski definition) is 5. The zero-order chi connectivity index (χ0) is 15.2. The summed E-state index contributed by atoms with van der Waals surface area (Å²) in [5, 5.41) is 2.79. The molecule has 1 heterocycles. The molecule has 2 rings (SSSR count). The molecule has 1 amide bonds. The highest BCUT2D eigenvalue weighted by Crippen LogP contribution is 2.30. The molecular formula is C15H17NO4S. The summed E-state index contributed by atoms with van der Waals surface area (Å²) in [5.41, 5.74) is 1.15. The summed E-state index contributed by atoms with van der Waals surface area (Å²) < 4.78 is 10.0. The molecule has 0 saturated heterocycles. The van der Waals surface area contributed by atoms with Crippen LogP contribution < -0.4 is 10.1 Å². The Balaban J connectivity index is 2.08. The van der Waals surface area contributed by atoms with Crippen molar-refractivity contribution in [2.24, 2.45) is 0 Å². The van der Waals surface area contributed by atoms with Crippen LogP contribution in [0.2, 0.25) is 0 Å². The summed E-state index contributed by atoms with van der Waals surface area (Å²) in [6.07, 6.45) is 0.651. The fourth-order valence-electron chi connectivity index (χ4n) is 1.93. The molecule has 1 aliphatic rings. The number of carbonyl (C=O) groups is 2. The number of allylic oxidation sites excluding steroid dienone is 1. The molecule has 0 saturated carbocycles. The SMILES string of the molecule is CCOc1ccc(C(=O)NC2=C(C(=O)OC)SCC2)cc1. The number of benzene rings is 1. The van der Waals surface area contributed by atoms with Gasteiger partial charge in [0.15, 0.2) is 0 Å². The first-order chi connectivity index (χ1) is 10.2. The highest BCUT2D eigenvalue weighted by atomic mass is 32.2. The number of amides is 1.